The molecule has 0 bridgehead atoms. The van der Waals surface area contributed by atoms with Gasteiger partial charge >= 0.3 is 12.1 Å². The third kappa shape index (κ3) is 5.13. The van der Waals surface area contributed by atoms with Crippen LogP contribution in [0.3, 0.4) is 0 Å². The van der Waals surface area contributed by atoms with E-state index in [1.54, 1.807) is 0 Å². The smallest absolute Gasteiger partial charge is 0.407 e. The van der Waals surface area contributed by atoms with E-state index >= 15 is 0 Å². The number of carboxylic acid groups (broad SMARTS) is 1. The first-order chi connectivity index (χ1) is 16.8. The van der Waals surface area contributed by atoms with Crippen LogP contribution in [-0.4, -0.2) is 29.8 Å². The van der Waals surface area contributed by atoms with Crippen molar-refractivity contribution in [1.82, 2.24) is 5.32 Å². The fourth-order valence-electron chi connectivity index (χ4n) is 4.34. The topological polar surface area (TPSA) is 75.6 Å². The Balaban J connectivity index is 1.38. The monoisotopic (exact) mass is 487 g/mol. The lowest BCUT2D eigenvalue weighted by molar-refractivity contribution is -0.139. The largest absolute Gasteiger partial charge is 0.480 e. The van der Waals surface area contributed by atoms with E-state index in [-0.39, 0.29) is 30.9 Å². The molecular formula is C26H21F4NO4. The number of rotatable bonds is 8. The predicted octanol–water partition coefficient (Wildman–Crippen LogP) is 5.83. The summed E-state index contributed by atoms with van der Waals surface area (Å²) in [5.41, 5.74) is 2.72. The third-order valence-corrected chi connectivity index (χ3v) is 6.01. The predicted molar refractivity (Wildman–Crippen MR) is 119 cm³/mol. The number of ether oxygens (including phenoxy) is 1. The second kappa shape index (κ2) is 10.2. The lowest BCUT2D eigenvalue weighted by Crippen LogP contribution is -2.41. The van der Waals surface area contributed by atoms with Crippen LogP contribution in [0.15, 0.2) is 60.7 Å². The van der Waals surface area contributed by atoms with Crippen LogP contribution in [0.2, 0.25) is 0 Å². The van der Waals surface area contributed by atoms with E-state index in [1.165, 1.54) is 0 Å². The first kappa shape index (κ1) is 24.3. The number of nitrogens with one attached hydrogen (secondary N) is 1. The summed E-state index contributed by atoms with van der Waals surface area (Å²) in [5, 5.41) is 11.7. The summed E-state index contributed by atoms with van der Waals surface area (Å²) in [6, 6.07) is 15.5. The molecule has 1 amide bonds. The fraction of sp³-hybridized carbons (Fsp3) is 0.231. The number of carbonyl (C=O) groups excluding carboxylic acids is 1. The van der Waals surface area contributed by atoms with Gasteiger partial charge in [0.05, 0.1) is 5.56 Å². The molecule has 0 aromatic heterocycles. The molecule has 0 unspecified atom stereocenters. The molecule has 0 radical (unpaired) electrons. The van der Waals surface area contributed by atoms with Gasteiger partial charge in [0.25, 0.3) is 6.43 Å². The van der Waals surface area contributed by atoms with Crippen LogP contribution in [0.25, 0.3) is 11.1 Å². The number of carbonyl (C=O) groups is 2. The number of aliphatic carboxylic acids is 1. The van der Waals surface area contributed by atoms with Crippen molar-refractivity contribution in [3.05, 3.63) is 94.6 Å². The van der Waals surface area contributed by atoms with Crippen LogP contribution < -0.4 is 5.32 Å². The minimum Gasteiger partial charge on any atom is -0.480 e. The normalized spacial score (nSPS) is 13.3. The van der Waals surface area contributed by atoms with Crippen molar-refractivity contribution in [1.29, 1.82) is 0 Å². The molecule has 1 atom stereocenters. The van der Waals surface area contributed by atoms with Crippen LogP contribution in [0.1, 0.15) is 41.0 Å². The maximum atomic E-state index is 13.8. The quantitative estimate of drug-likeness (QED) is 0.392. The number of alkyl carbamates (subject to hydrolysis) is 1. The molecule has 0 heterocycles. The van der Waals surface area contributed by atoms with Crippen molar-refractivity contribution in [3.8, 4) is 11.1 Å². The first-order valence-corrected chi connectivity index (χ1v) is 10.9. The van der Waals surface area contributed by atoms with Gasteiger partial charge in [0.15, 0.2) is 0 Å². The van der Waals surface area contributed by atoms with Gasteiger partial charge in [-0.05, 0) is 52.8 Å². The summed E-state index contributed by atoms with van der Waals surface area (Å²) < 4.78 is 58.3. The summed E-state index contributed by atoms with van der Waals surface area (Å²) in [4.78, 5) is 24.0. The lowest BCUT2D eigenvalue weighted by atomic mass is 9.98. The third-order valence-electron chi connectivity index (χ3n) is 6.01. The van der Waals surface area contributed by atoms with E-state index in [0.717, 1.165) is 34.4 Å². The molecule has 0 spiro atoms. The molecule has 3 aromatic carbocycles. The summed E-state index contributed by atoms with van der Waals surface area (Å²) in [5.74, 6) is -4.41. The summed E-state index contributed by atoms with van der Waals surface area (Å²) in [6.07, 6.45) is -4.67. The highest BCUT2D eigenvalue weighted by molar-refractivity contribution is 5.81. The maximum Gasteiger partial charge on any atom is 0.407 e. The molecule has 1 aliphatic rings. The average molecular weight is 487 g/mol. The summed E-state index contributed by atoms with van der Waals surface area (Å²) in [6.45, 7) is -0.0162. The molecule has 5 nitrogen and oxygen atoms in total. The van der Waals surface area contributed by atoms with Crippen molar-refractivity contribution in [2.24, 2.45) is 0 Å². The Morgan fingerprint density at radius 2 is 1.49 bits per heavy atom. The Bertz CT molecular complexity index is 1200. The molecule has 9 heteroatoms. The highest BCUT2D eigenvalue weighted by Gasteiger charge is 2.30. The Morgan fingerprint density at radius 1 is 0.943 bits per heavy atom. The number of aryl methyl sites for hydroxylation is 1. The first-order valence-electron chi connectivity index (χ1n) is 10.9. The Labute approximate surface area is 198 Å². The number of carboxylic acids is 1. The number of fused-ring (bicyclic) bond motifs is 3. The van der Waals surface area contributed by atoms with Gasteiger partial charge < -0.3 is 15.2 Å². The Morgan fingerprint density at radius 3 is 2.00 bits per heavy atom. The molecule has 3 aromatic rings. The highest BCUT2D eigenvalue weighted by atomic mass is 19.3. The molecule has 35 heavy (non-hydrogen) atoms. The zero-order chi connectivity index (χ0) is 25.1. The minimum absolute atomic E-state index is 0.00927. The molecule has 182 valence electrons. The maximum absolute atomic E-state index is 13.8. The number of amides is 1. The van der Waals surface area contributed by atoms with Gasteiger partial charge in [-0.15, -0.1) is 0 Å². The number of alkyl halides is 2. The SMILES string of the molecule is O=C(N[C@@H](CCc1cc(F)c(C(F)F)c(F)c1)C(=O)O)OCC1c2ccccc2-c2ccccc21. The standard InChI is InChI=1S/C26H21F4NO4/c27-20-11-14(12-21(28)23(20)24(29)30)9-10-22(25(32)33)31-26(34)35-13-19-17-7-3-1-5-15(17)16-6-2-4-8-18(16)19/h1-8,11-12,19,22,24H,9-10,13H2,(H,31,34)(H,32,33)/t22-/m0/s1. The molecule has 1 aliphatic carbocycles. The summed E-state index contributed by atoms with van der Waals surface area (Å²) in [7, 11) is 0. The minimum atomic E-state index is -3.31. The number of hydrogen-bond donors (Lipinski definition) is 2. The van der Waals surface area contributed by atoms with Gasteiger partial charge in [0, 0.05) is 5.92 Å². The average Bonchev–Trinajstić information content (AvgIpc) is 3.13. The van der Waals surface area contributed by atoms with Crippen molar-refractivity contribution < 1.29 is 37.0 Å². The number of hydrogen-bond acceptors (Lipinski definition) is 3. The van der Waals surface area contributed by atoms with Crippen LogP contribution in [0.5, 0.6) is 0 Å². The van der Waals surface area contributed by atoms with Gasteiger partial charge in [-0.25, -0.2) is 27.2 Å². The summed E-state index contributed by atoms with van der Waals surface area (Å²) >= 11 is 0. The Kier molecular flexibility index (Phi) is 7.04. The molecule has 0 saturated carbocycles. The van der Waals surface area contributed by atoms with E-state index in [2.05, 4.69) is 5.32 Å². The van der Waals surface area contributed by atoms with Gasteiger partial charge in [-0.2, -0.15) is 0 Å². The van der Waals surface area contributed by atoms with Crippen molar-refractivity contribution in [3.63, 3.8) is 0 Å². The van der Waals surface area contributed by atoms with Crippen molar-refractivity contribution >= 4 is 12.1 Å². The zero-order valence-corrected chi connectivity index (χ0v) is 18.3. The highest BCUT2D eigenvalue weighted by Crippen LogP contribution is 2.44. The van der Waals surface area contributed by atoms with E-state index in [1.807, 2.05) is 48.5 Å². The van der Waals surface area contributed by atoms with Gasteiger partial charge in [0.2, 0.25) is 0 Å². The van der Waals surface area contributed by atoms with Gasteiger partial charge in [0.1, 0.15) is 24.3 Å². The van der Waals surface area contributed by atoms with Crippen LogP contribution in [-0.2, 0) is 16.0 Å². The molecule has 4 rings (SSSR count). The molecule has 0 aliphatic heterocycles. The van der Waals surface area contributed by atoms with E-state index in [9.17, 15) is 32.3 Å². The molecule has 2 N–H and O–H groups in total. The second-order valence-electron chi connectivity index (χ2n) is 8.17. The van der Waals surface area contributed by atoms with Gasteiger partial charge in [-0.3, -0.25) is 0 Å². The molecule has 0 saturated heterocycles. The van der Waals surface area contributed by atoms with Crippen LogP contribution in [0, 0.1) is 11.6 Å². The van der Waals surface area contributed by atoms with E-state index in [0.29, 0.717) is 0 Å². The zero-order valence-electron chi connectivity index (χ0n) is 18.3. The molecular weight excluding hydrogens is 466 g/mol. The van der Waals surface area contributed by atoms with E-state index < -0.39 is 41.7 Å². The number of halogens is 4. The molecule has 0 fully saturated rings. The van der Waals surface area contributed by atoms with Crippen molar-refractivity contribution in [2.75, 3.05) is 6.61 Å². The van der Waals surface area contributed by atoms with Crippen LogP contribution >= 0.6 is 0 Å². The lowest BCUT2D eigenvalue weighted by Gasteiger charge is -2.17. The van der Waals surface area contributed by atoms with E-state index in [4.69, 9.17) is 4.74 Å². The fourth-order valence-corrected chi connectivity index (χ4v) is 4.34. The van der Waals surface area contributed by atoms with Crippen LogP contribution in [0.4, 0.5) is 22.4 Å². The Hall–Kier alpha value is -3.88. The second-order valence-corrected chi connectivity index (χ2v) is 8.17. The van der Waals surface area contributed by atoms with Gasteiger partial charge in [-0.1, -0.05) is 48.5 Å². The van der Waals surface area contributed by atoms with Crippen molar-refractivity contribution in [2.45, 2.75) is 31.2 Å². The number of benzene rings is 3.